The summed E-state index contributed by atoms with van der Waals surface area (Å²) in [5.41, 5.74) is 0.235. The highest BCUT2D eigenvalue weighted by molar-refractivity contribution is 14.1. The third-order valence-electron chi connectivity index (χ3n) is 4.36. The first kappa shape index (κ1) is 16.5. The van der Waals surface area contributed by atoms with Crippen molar-refractivity contribution >= 4 is 34.0 Å². The fraction of sp³-hybridized carbons (Fsp3) is 0.600. The molecule has 1 aliphatic carbocycles. The van der Waals surface area contributed by atoms with Gasteiger partial charge >= 0.3 is 0 Å². The maximum absolute atomic E-state index is 13.6. The molecule has 0 saturated heterocycles. The molecule has 1 N–H and O–H groups in total. The summed E-state index contributed by atoms with van der Waals surface area (Å²) in [6, 6.07) is 2.52. The first-order valence-corrected chi connectivity index (χ1v) is 8.46. The number of hydrogen-bond acceptors (Lipinski definition) is 3. The van der Waals surface area contributed by atoms with Crippen LogP contribution in [0.1, 0.15) is 39.0 Å². The molecule has 1 aromatic carbocycles. The molecule has 0 aliphatic heterocycles. The number of nitro benzene ring substituents is 1. The van der Waals surface area contributed by atoms with Gasteiger partial charge in [-0.2, -0.15) is 0 Å². The molecule has 0 radical (unpaired) electrons. The van der Waals surface area contributed by atoms with Crippen molar-refractivity contribution in [1.82, 2.24) is 0 Å². The van der Waals surface area contributed by atoms with Gasteiger partial charge in [-0.25, -0.2) is 4.39 Å². The molecular weight excluding hydrogens is 386 g/mol. The van der Waals surface area contributed by atoms with Crippen LogP contribution < -0.4 is 5.32 Å². The van der Waals surface area contributed by atoms with Crippen LogP contribution in [-0.4, -0.2) is 11.5 Å². The van der Waals surface area contributed by atoms with E-state index >= 15 is 0 Å². The van der Waals surface area contributed by atoms with Crippen LogP contribution in [0.25, 0.3) is 0 Å². The van der Waals surface area contributed by atoms with Crippen LogP contribution in [0, 0.1) is 31.3 Å². The summed E-state index contributed by atoms with van der Waals surface area (Å²) in [5.74, 6) is 0.930. The van der Waals surface area contributed by atoms with E-state index in [0.29, 0.717) is 12.5 Å². The van der Waals surface area contributed by atoms with Gasteiger partial charge < -0.3 is 5.32 Å². The minimum absolute atomic E-state index is 0.0527. The largest absolute Gasteiger partial charge is 0.379 e. The summed E-state index contributed by atoms with van der Waals surface area (Å²) in [7, 11) is 0. The Balaban J connectivity index is 2.00. The molecule has 0 spiro atoms. The van der Waals surface area contributed by atoms with Gasteiger partial charge in [-0.3, -0.25) is 10.1 Å². The lowest BCUT2D eigenvalue weighted by molar-refractivity contribution is -0.384. The topological polar surface area (TPSA) is 55.2 Å². The van der Waals surface area contributed by atoms with Gasteiger partial charge in [-0.1, -0.05) is 26.2 Å². The van der Waals surface area contributed by atoms with Crippen LogP contribution in [0.2, 0.25) is 0 Å². The third kappa shape index (κ3) is 4.28. The van der Waals surface area contributed by atoms with Crippen molar-refractivity contribution in [3.63, 3.8) is 0 Å². The Morgan fingerprint density at radius 2 is 1.95 bits per heavy atom. The maximum atomic E-state index is 13.6. The van der Waals surface area contributed by atoms with Crippen LogP contribution in [-0.2, 0) is 0 Å². The van der Waals surface area contributed by atoms with Crippen molar-refractivity contribution in [3.8, 4) is 0 Å². The number of nitro groups is 1. The van der Waals surface area contributed by atoms with Crippen molar-refractivity contribution in [2.45, 2.75) is 39.0 Å². The highest BCUT2D eigenvalue weighted by Crippen LogP contribution is 2.32. The lowest BCUT2D eigenvalue weighted by Crippen LogP contribution is -2.21. The van der Waals surface area contributed by atoms with Gasteiger partial charge in [0.1, 0.15) is 11.5 Å². The summed E-state index contributed by atoms with van der Waals surface area (Å²) in [4.78, 5) is 10.6. The number of nitrogens with zero attached hydrogens (tertiary/aromatic N) is 1. The second-order valence-electron chi connectivity index (χ2n) is 5.72. The zero-order valence-corrected chi connectivity index (χ0v) is 14.2. The second kappa shape index (κ2) is 7.38. The Bertz CT molecular complexity index is 517. The highest BCUT2D eigenvalue weighted by atomic mass is 127. The summed E-state index contributed by atoms with van der Waals surface area (Å²) >= 11 is 1.77. The monoisotopic (exact) mass is 406 g/mol. The molecule has 0 aromatic heterocycles. The normalized spacial score (nSPS) is 22.0. The predicted molar refractivity (Wildman–Crippen MR) is 90.0 cm³/mol. The smallest absolute Gasteiger partial charge is 0.293 e. The van der Waals surface area contributed by atoms with Gasteiger partial charge in [0, 0.05) is 18.7 Å². The standard InChI is InChI=1S/C15H20FIN2O2/c1-2-10-3-5-11(6-4-10)9-18-14-7-12(16)13(17)8-15(14)19(20)21/h7-8,10-11,18H,2-6,9H2,1H3. The molecule has 4 nitrogen and oxygen atoms in total. The molecule has 1 fully saturated rings. The average Bonchev–Trinajstić information content (AvgIpc) is 2.48. The molecule has 2 rings (SSSR count). The molecule has 0 bridgehead atoms. The third-order valence-corrected chi connectivity index (χ3v) is 5.19. The van der Waals surface area contributed by atoms with Crippen LogP contribution in [0.15, 0.2) is 12.1 Å². The first-order valence-electron chi connectivity index (χ1n) is 7.38. The Labute approximate surface area is 137 Å². The number of nitrogens with one attached hydrogen (secondary N) is 1. The summed E-state index contributed by atoms with van der Waals surface area (Å²) in [6.07, 6.45) is 5.98. The van der Waals surface area contributed by atoms with Crippen molar-refractivity contribution in [1.29, 1.82) is 0 Å². The van der Waals surface area contributed by atoms with E-state index < -0.39 is 10.7 Å². The Morgan fingerprint density at radius 3 is 2.52 bits per heavy atom. The van der Waals surface area contributed by atoms with E-state index in [1.807, 2.05) is 0 Å². The molecule has 0 unspecified atom stereocenters. The van der Waals surface area contributed by atoms with E-state index in [0.717, 1.165) is 18.8 Å². The van der Waals surface area contributed by atoms with E-state index in [-0.39, 0.29) is 14.9 Å². The molecule has 6 heteroatoms. The lowest BCUT2D eigenvalue weighted by Gasteiger charge is -2.28. The minimum Gasteiger partial charge on any atom is -0.379 e. The van der Waals surface area contributed by atoms with E-state index in [4.69, 9.17) is 0 Å². The number of benzene rings is 1. The first-order chi connectivity index (χ1) is 10.0. The molecule has 1 saturated carbocycles. The molecule has 21 heavy (non-hydrogen) atoms. The number of anilines is 1. The second-order valence-corrected chi connectivity index (χ2v) is 6.88. The Hall–Kier alpha value is -0.920. The van der Waals surface area contributed by atoms with Gasteiger partial charge in [0.2, 0.25) is 0 Å². The molecule has 0 heterocycles. The van der Waals surface area contributed by atoms with E-state index in [2.05, 4.69) is 12.2 Å². The van der Waals surface area contributed by atoms with Crippen molar-refractivity contribution in [2.75, 3.05) is 11.9 Å². The highest BCUT2D eigenvalue weighted by Gasteiger charge is 2.22. The van der Waals surface area contributed by atoms with E-state index in [1.54, 1.807) is 22.6 Å². The predicted octanol–water partition coefficient (Wildman–Crippen LogP) is 4.97. The molecule has 1 aliphatic rings. The number of halogens is 2. The molecule has 1 aromatic rings. The SMILES string of the molecule is CCC1CCC(CNc2cc(F)c(I)cc2[N+](=O)[O-])CC1. The molecule has 116 valence electrons. The van der Waals surface area contributed by atoms with Crippen LogP contribution in [0.3, 0.4) is 0 Å². The van der Waals surface area contributed by atoms with Crippen LogP contribution >= 0.6 is 22.6 Å². The van der Waals surface area contributed by atoms with Crippen LogP contribution in [0.5, 0.6) is 0 Å². The minimum atomic E-state index is -0.460. The van der Waals surface area contributed by atoms with Gasteiger partial charge in [-0.05, 0) is 47.3 Å². The average molecular weight is 406 g/mol. The lowest BCUT2D eigenvalue weighted by atomic mass is 9.81. The van der Waals surface area contributed by atoms with Gasteiger partial charge in [0.05, 0.1) is 8.49 Å². The van der Waals surface area contributed by atoms with Crippen LogP contribution in [0.4, 0.5) is 15.8 Å². The molecule has 0 amide bonds. The van der Waals surface area contributed by atoms with Crippen molar-refractivity contribution in [3.05, 3.63) is 31.6 Å². The summed E-state index contributed by atoms with van der Waals surface area (Å²) in [5, 5.41) is 14.1. The fourth-order valence-corrected chi connectivity index (χ4v) is 3.38. The fourth-order valence-electron chi connectivity index (χ4n) is 2.93. The maximum Gasteiger partial charge on any atom is 0.293 e. The number of rotatable bonds is 5. The van der Waals surface area contributed by atoms with Gasteiger partial charge in [0.25, 0.3) is 5.69 Å². The van der Waals surface area contributed by atoms with Crippen molar-refractivity contribution in [2.24, 2.45) is 11.8 Å². The quantitative estimate of drug-likeness (QED) is 0.427. The zero-order chi connectivity index (χ0) is 15.4. The van der Waals surface area contributed by atoms with E-state index in [1.165, 1.54) is 31.4 Å². The van der Waals surface area contributed by atoms with E-state index in [9.17, 15) is 14.5 Å². The zero-order valence-electron chi connectivity index (χ0n) is 12.1. The summed E-state index contributed by atoms with van der Waals surface area (Å²) < 4.78 is 13.9. The Kier molecular flexibility index (Phi) is 5.78. The molecular formula is C15H20FIN2O2. The van der Waals surface area contributed by atoms with Gasteiger partial charge in [0.15, 0.2) is 0 Å². The van der Waals surface area contributed by atoms with Crippen molar-refractivity contribution < 1.29 is 9.31 Å². The molecule has 0 atom stereocenters. The number of hydrogen-bond donors (Lipinski definition) is 1. The van der Waals surface area contributed by atoms with Gasteiger partial charge in [-0.15, -0.1) is 0 Å². The Morgan fingerprint density at radius 1 is 1.33 bits per heavy atom. The summed E-state index contributed by atoms with van der Waals surface area (Å²) in [6.45, 7) is 2.90.